The summed E-state index contributed by atoms with van der Waals surface area (Å²) < 4.78 is 24.7. The molecule has 3 aliphatic rings. The Morgan fingerprint density at radius 2 is 2.03 bits per heavy atom. The van der Waals surface area contributed by atoms with Crippen LogP contribution in [0.25, 0.3) is 10.8 Å². The van der Waals surface area contributed by atoms with Gasteiger partial charge in [0.2, 0.25) is 5.91 Å². The minimum absolute atomic E-state index is 0.0991. The quantitative estimate of drug-likeness (QED) is 0.480. The van der Waals surface area contributed by atoms with Gasteiger partial charge in [-0.05, 0) is 61.4 Å². The summed E-state index contributed by atoms with van der Waals surface area (Å²) in [5, 5.41) is 8.17. The van der Waals surface area contributed by atoms with E-state index < -0.39 is 16.9 Å². The second-order valence-electron chi connectivity index (χ2n) is 8.76. The number of carbonyl (C=O) groups is 2. The third-order valence-corrected chi connectivity index (χ3v) is 9.53. The Labute approximate surface area is 203 Å². The summed E-state index contributed by atoms with van der Waals surface area (Å²) in [6.45, 7) is -0.149. The summed E-state index contributed by atoms with van der Waals surface area (Å²) in [5.74, 6) is 0.134. The molecular formula is C24H22FN3O4S2. The molecule has 34 heavy (non-hydrogen) atoms. The lowest BCUT2D eigenvalue weighted by molar-refractivity contribution is -0.155. The molecule has 0 unspecified atom stereocenters. The van der Waals surface area contributed by atoms with Crippen LogP contribution in [0.2, 0.25) is 0 Å². The number of esters is 1. The minimum Gasteiger partial charge on any atom is -0.454 e. The standard InChI is InChI=1S/C24H22FN3O4S2/c25-16-7-5-15(6-8-16)24-10-9-21(29)28(24)17(13-33-24)23(30)31-12-20-26-27-22(32-20)19-11-14-3-1-2-4-18(14)34-19/h5-8,11,17H,1-4,9-10,12-13H2/t17-,24-/m0/s1. The van der Waals surface area contributed by atoms with Crippen LogP contribution in [0.4, 0.5) is 4.39 Å². The van der Waals surface area contributed by atoms with Crippen LogP contribution in [-0.4, -0.2) is 38.8 Å². The number of rotatable bonds is 5. The summed E-state index contributed by atoms with van der Waals surface area (Å²) in [6.07, 6.45) is 5.50. The maximum absolute atomic E-state index is 13.4. The molecule has 2 aromatic heterocycles. The third kappa shape index (κ3) is 3.63. The van der Waals surface area contributed by atoms with Crippen molar-refractivity contribution in [2.24, 2.45) is 0 Å². The van der Waals surface area contributed by atoms with Crippen LogP contribution in [0.15, 0.2) is 34.7 Å². The van der Waals surface area contributed by atoms with Crippen molar-refractivity contribution in [3.63, 3.8) is 0 Å². The molecule has 2 fully saturated rings. The molecule has 0 bridgehead atoms. The van der Waals surface area contributed by atoms with E-state index in [2.05, 4.69) is 16.3 Å². The lowest BCUT2D eigenvalue weighted by Crippen LogP contribution is -2.46. The van der Waals surface area contributed by atoms with Gasteiger partial charge in [-0.2, -0.15) is 0 Å². The van der Waals surface area contributed by atoms with Crippen molar-refractivity contribution in [2.45, 2.75) is 56.0 Å². The maximum atomic E-state index is 13.4. The molecule has 6 rings (SSSR count). The monoisotopic (exact) mass is 499 g/mol. The first-order valence-electron chi connectivity index (χ1n) is 11.4. The first-order valence-corrected chi connectivity index (χ1v) is 13.2. The minimum atomic E-state index is -0.712. The molecule has 0 radical (unpaired) electrons. The highest BCUT2D eigenvalue weighted by molar-refractivity contribution is 8.00. The van der Waals surface area contributed by atoms with Gasteiger partial charge in [0.15, 0.2) is 6.61 Å². The van der Waals surface area contributed by atoms with Gasteiger partial charge in [0, 0.05) is 17.1 Å². The molecule has 2 atom stereocenters. The Bertz CT molecular complexity index is 1230. The Morgan fingerprint density at radius 1 is 1.21 bits per heavy atom. The topological polar surface area (TPSA) is 85.5 Å². The lowest BCUT2D eigenvalue weighted by Gasteiger charge is -2.33. The average molecular weight is 500 g/mol. The highest BCUT2D eigenvalue weighted by Crippen LogP contribution is 2.54. The van der Waals surface area contributed by atoms with Crippen molar-refractivity contribution < 1.29 is 23.1 Å². The number of thiophene rings is 1. The summed E-state index contributed by atoms with van der Waals surface area (Å²) >= 11 is 3.21. The van der Waals surface area contributed by atoms with Crippen molar-refractivity contribution in [1.29, 1.82) is 0 Å². The second kappa shape index (κ2) is 8.49. The first-order chi connectivity index (χ1) is 16.5. The van der Waals surface area contributed by atoms with E-state index in [1.165, 1.54) is 47.2 Å². The lowest BCUT2D eigenvalue weighted by atomic mass is 9.99. The second-order valence-corrected chi connectivity index (χ2v) is 11.2. The number of halogens is 1. The fourth-order valence-corrected chi connectivity index (χ4v) is 7.88. The molecule has 0 spiro atoms. The third-order valence-electron chi connectivity index (χ3n) is 6.71. The van der Waals surface area contributed by atoms with Crippen molar-refractivity contribution in [3.05, 3.63) is 58.0 Å². The van der Waals surface area contributed by atoms with Crippen molar-refractivity contribution in [2.75, 3.05) is 5.75 Å². The molecule has 4 heterocycles. The van der Waals surface area contributed by atoms with Crippen LogP contribution in [0.1, 0.15) is 47.6 Å². The zero-order valence-corrected chi connectivity index (χ0v) is 19.9. The number of hydrogen-bond acceptors (Lipinski definition) is 8. The summed E-state index contributed by atoms with van der Waals surface area (Å²) in [7, 11) is 0. The van der Waals surface area contributed by atoms with Gasteiger partial charge >= 0.3 is 5.97 Å². The number of fused-ring (bicyclic) bond motifs is 2. The highest BCUT2D eigenvalue weighted by atomic mass is 32.2. The van der Waals surface area contributed by atoms with Gasteiger partial charge in [-0.25, -0.2) is 9.18 Å². The normalized spacial score (nSPS) is 23.7. The van der Waals surface area contributed by atoms with Crippen LogP contribution >= 0.6 is 23.1 Å². The van der Waals surface area contributed by atoms with Crippen molar-refractivity contribution in [1.82, 2.24) is 15.1 Å². The molecule has 0 N–H and O–H groups in total. The number of aryl methyl sites for hydroxylation is 2. The highest BCUT2D eigenvalue weighted by Gasteiger charge is 2.57. The van der Waals surface area contributed by atoms with Crippen LogP contribution in [-0.2, 0) is 38.6 Å². The van der Waals surface area contributed by atoms with Gasteiger partial charge in [-0.3, -0.25) is 4.79 Å². The van der Waals surface area contributed by atoms with E-state index in [0.29, 0.717) is 24.5 Å². The van der Waals surface area contributed by atoms with E-state index in [1.54, 1.807) is 28.4 Å². The number of hydrogen-bond donors (Lipinski definition) is 0. The molecule has 2 saturated heterocycles. The van der Waals surface area contributed by atoms with E-state index >= 15 is 0 Å². The maximum Gasteiger partial charge on any atom is 0.330 e. The summed E-state index contributed by atoms with van der Waals surface area (Å²) in [6, 6.07) is 7.54. The van der Waals surface area contributed by atoms with Gasteiger partial charge < -0.3 is 14.1 Å². The van der Waals surface area contributed by atoms with Gasteiger partial charge in [0.1, 0.15) is 16.7 Å². The van der Waals surface area contributed by atoms with Gasteiger partial charge in [-0.15, -0.1) is 33.3 Å². The SMILES string of the molecule is O=C(OCc1nnc(-c2cc3c(s2)CCCC3)o1)[C@@H]1CS[C@]2(c3ccc(F)cc3)CCC(=O)N12. The largest absolute Gasteiger partial charge is 0.454 e. The molecule has 1 aliphatic carbocycles. The van der Waals surface area contributed by atoms with Crippen LogP contribution in [0, 0.1) is 5.82 Å². The predicted molar refractivity (Wildman–Crippen MR) is 124 cm³/mol. The Morgan fingerprint density at radius 3 is 2.85 bits per heavy atom. The first kappa shape index (κ1) is 21.8. The molecule has 1 aromatic carbocycles. The number of thioether (sulfide) groups is 1. The van der Waals surface area contributed by atoms with E-state index in [0.717, 1.165) is 23.3 Å². The Kier molecular flexibility index (Phi) is 5.44. The van der Waals surface area contributed by atoms with Crippen LogP contribution < -0.4 is 0 Å². The average Bonchev–Trinajstić information content (AvgIpc) is 3.62. The van der Waals surface area contributed by atoms with Crippen molar-refractivity contribution >= 4 is 35.0 Å². The fraction of sp³-hybridized carbons (Fsp3) is 0.417. The molecule has 7 nitrogen and oxygen atoms in total. The molecule has 3 aromatic rings. The van der Waals surface area contributed by atoms with Crippen LogP contribution in [0.5, 0.6) is 0 Å². The molecule has 176 valence electrons. The zero-order chi connectivity index (χ0) is 23.3. The van der Waals surface area contributed by atoms with E-state index in [9.17, 15) is 14.0 Å². The van der Waals surface area contributed by atoms with E-state index in [4.69, 9.17) is 9.15 Å². The Balaban J connectivity index is 1.15. The zero-order valence-electron chi connectivity index (χ0n) is 18.3. The number of amides is 1. The van der Waals surface area contributed by atoms with Gasteiger partial charge in [0.25, 0.3) is 11.8 Å². The predicted octanol–water partition coefficient (Wildman–Crippen LogP) is 4.45. The number of nitrogens with zero attached hydrogens (tertiary/aromatic N) is 3. The number of carbonyl (C=O) groups excluding carboxylic acids is 2. The fourth-order valence-electron chi connectivity index (χ4n) is 5.06. The molecule has 1 amide bonds. The van der Waals surface area contributed by atoms with E-state index in [-0.39, 0.29) is 24.2 Å². The Hall–Kier alpha value is -2.72. The molecular weight excluding hydrogens is 477 g/mol. The smallest absolute Gasteiger partial charge is 0.330 e. The number of ether oxygens (including phenoxy) is 1. The molecule has 0 saturated carbocycles. The molecule has 10 heteroatoms. The molecule has 2 aliphatic heterocycles. The number of benzene rings is 1. The summed E-state index contributed by atoms with van der Waals surface area (Å²) in [5.41, 5.74) is 2.18. The van der Waals surface area contributed by atoms with Crippen molar-refractivity contribution in [3.8, 4) is 10.8 Å². The summed E-state index contributed by atoms with van der Waals surface area (Å²) in [4.78, 5) is 29.0. The number of aromatic nitrogens is 2. The van der Waals surface area contributed by atoms with Gasteiger partial charge in [-0.1, -0.05) is 12.1 Å². The van der Waals surface area contributed by atoms with Crippen LogP contribution in [0.3, 0.4) is 0 Å². The van der Waals surface area contributed by atoms with Gasteiger partial charge in [0.05, 0.1) is 4.88 Å². The van der Waals surface area contributed by atoms with E-state index in [1.807, 2.05) is 0 Å².